The van der Waals surface area contributed by atoms with E-state index in [2.05, 4.69) is 19.1 Å². The minimum Gasteiger partial charge on any atom is -0.450 e. The van der Waals surface area contributed by atoms with Gasteiger partial charge in [-0.25, -0.2) is 4.79 Å². The average Bonchev–Trinajstić information content (AvgIpc) is 2.50. The number of amides is 1. The second kappa shape index (κ2) is 18.1. The van der Waals surface area contributed by atoms with Crippen LogP contribution in [0.2, 0.25) is 0 Å². The normalized spacial score (nSPS) is 11.1. The number of nitrogens with two attached hydrogens (primary N) is 1. The van der Waals surface area contributed by atoms with Gasteiger partial charge in [-0.2, -0.15) is 0 Å². The van der Waals surface area contributed by atoms with E-state index in [9.17, 15) is 4.79 Å². The van der Waals surface area contributed by atoms with Gasteiger partial charge in [0.2, 0.25) is 0 Å². The van der Waals surface area contributed by atoms with Crippen molar-refractivity contribution < 1.29 is 9.53 Å². The third kappa shape index (κ3) is 19.0. The first-order valence-electron chi connectivity index (χ1n) is 9.34. The number of rotatable bonds is 16. The van der Waals surface area contributed by atoms with Gasteiger partial charge < -0.3 is 10.5 Å². The summed E-state index contributed by atoms with van der Waals surface area (Å²) >= 11 is 0. The topological polar surface area (TPSA) is 52.3 Å². The number of hydrogen-bond acceptors (Lipinski definition) is 2. The third-order valence-electron chi connectivity index (χ3n) is 3.90. The Bertz CT molecular complexity index is 264. The summed E-state index contributed by atoms with van der Waals surface area (Å²) in [4.78, 5) is 10.4. The average molecular weight is 312 g/mol. The highest BCUT2D eigenvalue weighted by molar-refractivity contribution is 5.64. The highest BCUT2D eigenvalue weighted by atomic mass is 16.5. The number of unbranched alkanes of at least 4 members (excludes halogenated alkanes) is 12. The summed E-state index contributed by atoms with van der Waals surface area (Å²) in [7, 11) is 0. The van der Waals surface area contributed by atoms with Crippen LogP contribution in [-0.4, -0.2) is 12.7 Å². The van der Waals surface area contributed by atoms with Gasteiger partial charge in [0, 0.05) is 0 Å². The predicted molar refractivity (Wildman–Crippen MR) is 95.0 cm³/mol. The Balaban J connectivity index is 3.06. The van der Waals surface area contributed by atoms with Crippen LogP contribution < -0.4 is 5.73 Å². The molecular weight excluding hydrogens is 274 g/mol. The zero-order chi connectivity index (χ0) is 16.3. The summed E-state index contributed by atoms with van der Waals surface area (Å²) < 4.78 is 4.69. The number of primary amides is 1. The van der Waals surface area contributed by atoms with Crippen molar-refractivity contribution in [2.75, 3.05) is 6.61 Å². The molecule has 0 heterocycles. The van der Waals surface area contributed by atoms with Gasteiger partial charge >= 0.3 is 6.09 Å². The second-order valence-corrected chi connectivity index (χ2v) is 6.11. The number of carbonyl (C=O) groups excluding carboxylic acids is 1. The molecule has 2 N–H and O–H groups in total. The van der Waals surface area contributed by atoms with Crippen LogP contribution in [0.25, 0.3) is 0 Å². The fraction of sp³-hybridized carbons (Fsp3) is 0.842. The molecule has 22 heavy (non-hydrogen) atoms. The highest BCUT2D eigenvalue weighted by Gasteiger charge is 1.94. The van der Waals surface area contributed by atoms with E-state index in [-0.39, 0.29) is 0 Å². The van der Waals surface area contributed by atoms with E-state index in [4.69, 9.17) is 10.5 Å². The molecule has 0 rings (SSSR count). The lowest BCUT2D eigenvalue weighted by Gasteiger charge is -2.01. The largest absolute Gasteiger partial charge is 0.450 e. The van der Waals surface area contributed by atoms with Gasteiger partial charge in [-0.05, 0) is 32.1 Å². The molecule has 0 aromatic rings. The SMILES string of the molecule is CCCCCCCC/C=C\CCCCCCCCOC(N)=O. The molecule has 0 aromatic carbocycles. The first-order chi connectivity index (χ1) is 10.8. The lowest BCUT2D eigenvalue weighted by Crippen LogP contribution is -2.13. The van der Waals surface area contributed by atoms with Crippen LogP contribution in [0, 0.1) is 0 Å². The summed E-state index contributed by atoms with van der Waals surface area (Å²) in [5.41, 5.74) is 4.89. The van der Waals surface area contributed by atoms with Crippen LogP contribution in [-0.2, 0) is 4.74 Å². The molecule has 0 fully saturated rings. The number of ether oxygens (including phenoxy) is 1. The number of allylic oxidation sites excluding steroid dienone is 2. The highest BCUT2D eigenvalue weighted by Crippen LogP contribution is 2.09. The molecule has 0 unspecified atom stereocenters. The first kappa shape index (κ1) is 21.0. The van der Waals surface area contributed by atoms with Gasteiger partial charge in [0.05, 0.1) is 6.61 Å². The van der Waals surface area contributed by atoms with Crippen molar-refractivity contribution in [1.29, 1.82) is 0 Å². The van der Waals surface area contributed by atoms with Gasteiger partial charge in [-0.1, -0.05) is 76.9 Å². The van der Waals surface area contributed by atoms with E-state index in [0.717, 1.165) is 12.8 Å². The van der Waals surface area contributed by atoms with Crippen molar-refractivity contribution in [3.05, 3.63) is 12.2 Å². The van der Waals surface area contributed by atoms with Crippen molar-refractivity contribution in [1.82, 2.24) is 0 Å². The Morgan fingerprint density at radius 3 is 1.73 bits per heavy atom. The fourth-order valence-corrected chi connectivity index (χ4v) is 2.52. The number of carbonyl (C=O) groups is 1. The van der Waals surface area contributed by atoms with Crippen LogP contribution in [0.4, 0.5) is 4.79 Å². The van der Waals surface area contributed by atoms with E-state index < -0.39 is 6.09 Å². The van der Waals surface area contributed by atoms with Gasteiger partial charge in [-0.3, -0.25) is 0 Å². The maximum absolute atomic E-state index is 10.4. The maximum atomic E-state index is 10.4. The predicted octanol–water partition coefficient (Wildman–Crippen LogP) is 6.12. The zero-order valence-electron chi connectivity index (χ0n) is 14.7. The van der Waals surface area contributed by atoms with Crippen LogP contribution in [0.3, 0.4) is 0 Å². The molecule has 0 aliphatic carbocycles. The van der Waals surface area contributed by atoms with Crippen molar-refractivity contribution in [2.45, 2.75) is 96.8 Å². The summed E-state index contributed by atoms with van der Waals surface area (Å²) in [5.74, 6) is 0. The lowest BCUT2D eigenvalue weighted by molar-refractivity contribution is 0.154. The molecule has 0 aliphatic heterocycles. The molecule has 3 nitrogen and oxygen atoms in total. The molecule has 0 aliphatic rings. The van der Waals surface area contributed by atoms with E-state index >= 15 is 0 Å². The first-order valence-corrected chi connectivity index (χ1v) is 9.34. The Morgan fingerprint density at radius 2 is 1.23 bits per heavy atom. The zero-order valence-corrected chi connectivity index (χ0v) is 14.7. The van der Waals surface area contributed by atoms with E-state index in [1.54, 1.807) is 0 Å². The Labute approximate surface area is 137 Å². The quantitative estimate of drug-likeness (QED) is 0.276. The summed E-state index contributed by atoms with van der Waals surface area (Å²) in [6.45, 7) is 2.73. The van der Waals surface area contributed by atoms with E-state index in [1.165, 1.54) is 77.0 Å². The van der Waals surface area contributed by atoms with Gasteiger partial charge in [0.15, 0.2) is 0 Å². The minimum atomic E-state index is -0.659. The standard InChI is InChI=1S/C19H37NO2/c1-2-3-4-5-6-7-8-9-10-11-12-13-14-15-16-17-18-22-19(20)21/h9-10H,2-8,11-18H2,1H3,(H2,20,21)/b10-9-. The fourth-order valence-electron chi connectivity index (χ4n) is 2.52. The molecule has 130 valence electrons. The van der Waals surface area contributed by atoms with Crippen molar-refractivity contribution in [3.8, 4) is 0 Å². The molecule has 0 atom stereocenters. The monoisotopic (exact) mass is 311 g/mol. The van der Waals surface area contributed by atoms with Crippen LogP contribution in [0.1, 0.15) is 96.8 Å². The molecule has 3 heteroatoms. The van der Waals surface area contributed by atoms with Crippen molar-refractivity contribution >= 4 is 6.09 Å². The second-order valence-electron chi connectivity index (χ2n) is 6.11. The lowest BCUT2D eigenvalue weighted by atomic mass is 10.1. The molecule has 1 amide bonds. The van der Waals surface area contributed by atoms with Crippen LogP contribution in [0.5, 0.6) is 0 Å². The van der Waals surface area contributed by atoms with Crippen molar-refractivity contribution in [3.63, 3.8) is 0 Å². The summed E-state index contributed by atoms with van der Waals surface area (Å²) in [6, 6.07) is 0. The Morgan fingerprint density at radius 1 is 0.773 bits per heavy atom. The van der Waals surface area contributed by atoms with Crippen LogP contribution >= 0.6 is 0 Å². The van der Waals surface area contributed by atoms with Gasteiger partial charge in [0.25, 0.3) is 0 Å². The maximum Gasteiger partial charge on any atom is 0.404 e. The van der Waals surface area contributed by atoms with E-state index in [0.29, 0.717) is 6.61 Å². The third-order valence-corrected chi connectivity index (χ3v) is 3.90. The molecule has 0 aromatic heterocycles. The molecule has 0 saturated heterocycles. The molecule has 0 saturated carbocycles. The molecular formula is C19H37NO2. The Kier molecular flexibility index (Phi) is 17.2. The minimum absolute atomic E-state index is 0.469. The van der Waals surface area contributed by atoms with Gasteiger partial charge in [-0.15, -0.1) is 0 Å². The summed E-state index contributed by atoms with van der Waals surface area (Å²) in [5, 5.41) is 0. The summed E-state index contributed by atoms with van der Waals surface area (Å²) in [6.07, 6.45) is 22.0. The number of hydrogen-bond donors (Lipinski definition) is 1. The molecule has 0 bridgehead atoms. The molecule has 0 radical (unpaired) electrons. The Hall–Kier alpha value is -0.990. The smallest absolute Gasteiger partial charge is 0.404 e. The van der Waals surface area contributed by atoms with Gasteiger partial charge in [0.1, 0.15) is 0 Å². The van der Waals surface area contributed by atoms with Crippen molar-refractivity contribution in [2.24, 2.45) is 5.73 Å². The van der Waals surface area contributed by atoms with Crippen LogP contribution in [0.15, 0.2) is 12.2 Å². The molecule has 0 spiro atoms. The van der Waals surface area contributed by atoms with E-state index in [1.807, 2.05) is 0 Å².